The van der Waals surface area contributed by atoms with Crippen molar-refractivity contribution in [3.05, 3.63) is 121 Å². The molecule has 158 valence electrons. The predicted molar refractivity (Wildman–Crippen MR) is 122 cm³/mol. The smallest absolute Gasteiger partial charge is 0.387 e. The molecule has 31 heavy (non-hydrogen) atoms. The zero-order valence-corrected chi connectivity index (χ0v) is 19.2. The number of hydrogen-bond donors (Lipinski definition) is 0. The topological polar surface area (TPSA) is 9.23 Å². The van der Waals surface area contributed by atoms with Crippen LogP contribution in [-0.4, -0.2) is 6.61 Å². The first-order valence-electron chi connectivity index (χ1n) is 9.77. The fourth-order valence-electron chi connectivity index (χ4n) is 3.82. The quantitative estimate of drug-likeness (QED) is 0.356. The van der Waals surface area contributed by atoms with Crippen molar-refractivity contribution in [1.29, 1.82) is 0 Å². The van der Waals surface area contributed by atoms with E-state index in [1.54, 1.807) is 12.1 Å². The minimum Gasteiger partial charge on any atom is -1.00 e. The van der Waals surface area contributed by atoms with Gasteiger partial charge in [-0.1, -0.05) is 66.7 Å². The lowest BCUT2D eigenvalue weighted by molar-refractivity contribution is -0.0498. The lowest BCUT2D eigenvalue weighted by atomic mass is 10.2. The van der Waals surface area contributed by atoms with E-state index in [2.05, 4.69) is 77.5 Å². The van der Waals surface area contributed by atoms with Gasteiger partial charge in [0.25, 0.3) is 0 Å². The molecule has 0 aliphatic heterocycles. The average molecular weight is 499 g/mol. The second kappa shape index (κ2) is 10.7. The van der Waals surface area contributed by atoms with Crippen molar-refractivity contribution in [2.24, 2.45) is 0 Å². The summed E-state index contributed by atoms with van der Waals surface area (Å²) in [4.78, 5) is 0. The van der Waals surface area contributed by atoms with Gasteiger partial charge in [-0.25, -0.2) is 0 Å². The Labute approximate surface area is 192 Å². The van der Waals surface area contributed by atoms with Crippen molar-refractivity contribution in [3.63, 3.8) is 0 Å². The lowest BCUT2D eigenvalue weighted by Gasteiger charge is -2.28. The Kier molecular flexibility index (Phi) is 7.95. The van der Waals surface area contributed by atoms with E-state index in [9.17, 15) is 8.78 Å². The number of ether oxygens (including phenoxy) is 1. The maximum atomic E-state index is 12.5. The molecule has 0 radical (unpaired) electrons. The first-order chi connectivity index (χ1) is 14.7. The van der Waals surface area contributed by atoms with Crippen LogP contribution in [0.3, 0.4) is 0 Å². The standard InChI is InChI=1S/C26H22F2OP.BrH/c27-26(28)29-22-18-16-21(17-19-22)20-30(23-10-4-1-5-11-23,24-12-6-2-7-13-24)25-14-8-3-9-15-25;/h1-19,26H,20H2;1H/q+1;/p-1. The minimum atomic E-state index is -2.82. The normalized spacial score (nSPS) is 11.1. The number of benzene rings is 4. The van der Waals surface area contributed by atoms with E-state index < -0.39 is 13.9 Å². The predicted octanol–water partition coefficient (Wildman–Crippen LogP) is 2.79. The second-order valence-corrected chi connectivity index (χ2v) is 10.5. The van der Waals surface area contributed by atoms with Gasteiger partial charge in [0.15, 0.2) is 0 Å². The highest BCUT2D eigenvalue weighted by molar-refractivity contribution is 7.95. The van der Waals surface area contributed by atoms with Crippen LogP contribution in [0, 0.1) is 0 Å². The Bertz CT molecular complexity index is 962. The van der Waals surface area contributed by atoms with Crippen LogP contribution in [0.25, 0.3) is 0 Å². The molecule has 0 aromatic heterocycles. The molecule has 0 saturated heterocycles. The van der Waals surface area contributed by atoms with E-state index in [0.29, 0.717) is 0 Å². The van der Waals surface area contributed by atoms with Crippen molar-refractivity contribution in [1.82, 2.24) is 0 Å². The fraction of sp³-hybridized carbons (Fsp3) is 0.0769. The van der Waals surface area contributed by atoms with Crippen LogP contribution >= 0.6 is 7.26 Å². The molecule has 4 aromatic rings. The maximum Gasteiger partial charge on any atom is 0.387 e. The van der Waals surface area contributed by atoms with Gasteiger partial charge in [-0.3, -0.25) is 0 Å². The van der Waals surface area contributed by atoms with Crippen LogP contribution in [0.4, 0.5) is 8.78 Å². The highest BCUT2D eigenvalue weighted by atomic mass is 79.9. The van der Waals surface area contributed by atoms with Crippen LogP contribution in [0.2, 0.25) is 0 Å². The van der Waals surface area contributed by atoms with E-state index >= 15 is 0 Å². The number of rotatable bonds is 7. The van der Waals surface area contributed by atoms with E-state index in [1.165, 1.54) is 15.9 Å². The van der Waals surface area contributed by atoms with Crippen molar-refractivity contribution in [2.45, 2.75) is 12.8 Å². The van der Waals surface area contributed by atoms with E-state index in [-0.39, 0.29) is 22.7 Å². The number of halogens is 3. The van der Waals surface area contributed by atoms with Gasteiger partial charge in [0.05, 0.1) is 6.16 Å². The first-order valence-corrected chi connectivity index (χ1v) is 11.7. The summed E-state index contributed by atoms with van der Waals surface area (Å²) in [7, 11) is -2.01. The third-order valence-electron chi connectivity index (χ3n) is 5.16. The summed E-state index contributed by atoms with van der Waals surface area (Å²) in [6.45, 7) is -2.82. The van der Waals surface area contributed by atoms with Gasteiger partial charge in [-0.2, -0.15) is 8.78 Å². The molecule has 4 aromatic carbocycles. The highest BCUT2D eigenvalue weighted by Crippen LogP contribution is 2.58. The van der Waals surface area contributed by atoms with Gasteiger partial charge in [0.1, 0.15) is 28.9 Å². The summed E-state index contributed by atoms with van der Waals surface area (Å²) >= 11 is 0. The summed E-state index contributed by atoms with van der Waals surface area (Å²) in [5.41, 5.74) is 1.08. The molecular formula is C26H22BrF2OP. The molecule has 1 nitrogen and oxygen atoms in total. The molecule has 0 N–H and O–H groups in total. The molecule has 0 heterocycles. The highest BCUT2D eigenvalue weighted by Gasteiger charge is 2.45. The number of hydrogen-bond acceptors (Lipinski definition) is 1. The molecule has 0 saturated carbocycles. The maximum absolute atomic E-state index is 12.5. The Morgan fingerprint density at radius 2 is 0.968 bits per heavy atom. The zero-order valence-electron chi connectivity index (χ0n) is 16.7. The van der Waals surface area contributed by atoms with E-state index in [0.717, 1.165) is 11.7 Å². The van der Waals surface area contributed by atoms with Crippen molar-refractivity contribution >= 4 is 23.2 Å². The minimum absolute atomic E-state index is 0. The summed E-state index contributed by atoms with van der Waals surface area (Å²) in [6.07, 6.45) is 0.792. The molecule has 0 spiro atoms. The SMILES string of the molecule is FC(F)Oc1ccc(C[P+](c2ccccc2)(c2ccccc2)c2ccccc2)cc1.[Br-]. The molecule has 0 fully saturated rings. The van der Waals surface area contributed by atoms with Crippen LogP contribution in [-0.2, 0) is 6.16 Å². The van der Waals surface area contributed by atoms with E-state index in [4.69, 9.17) is 0 Å². The first kappa shape index (κ1) is 23.1. The van der Waals surface area contributed by atoms with Gasteiger partial charge in [-0.15, -0.1) is 0 Å². The second-order valence-electron chi connectivity index (χ2n) is 7.00. The average Bonchev–Trinajstić information content (AvgIpc) is 2.80. The fourth-order valence-corrected chi connectivity index (χ4v) is 8.06. The van der Waals surface area contributed by atoms with Crippen LogP contribution in [0.5, 0.6) is 5.75 Å². The molecular weight excluding hydrogens is 477 g/mol. The molecule has 4 rings (SSSR count). The summed E-state index contributed by atoms with van der Waals surface area (Å²) < 4.78 is 29.6. The molecule has 0 amide bonds. The largest absolute Gasteiger partial charge is 1.00 e. The molecule has 0 bridgehead atoms. The summed E-state index contributed by atoms with van der Waals surface area (Å²) in [5, 5.41) is 3.86. The third kappa shape index (κ3) is 5.20. The lowest BCUT2D eigenvalue weighted by Crippen LogP contribution is -3.00. The molecule has 0 aliphatic carbocycles. The summed E-state index contributed by atoms with van der Waals surface area (Å²) in [5.74, 6) is 0.178. The Morgan fingerprint density at radius 3 is 1.32 bits per heavy atom. The Morgan fingerprint density at radius 1 is 0.581 bits per heavy atom. The molecule has 0 aliphatic rings. The zero-order chi connectivity index (χ0) is 20.8. The van der Waals surface area contributed by atoms with Crippen molar-refractivity contribution in [3.8, 4) is 5.75 Å². The van der Waals surface area contributed by atoms with Crippen molar-refractivity contribution in [2.75, 3.05) is 0 Å². The number of alkyl halides is 2. The van der Waals surface area contributed by atoms with Crippen LogP contribution < -0.4 is 37.6 Å². The molecule has 0 unspecified atom stereocenters. The Balaban J connectivity index is 0.00000272. The van der Waals surface area contributed by atoms with Gasteiger partial charge >= 0.3 is 6.61 Å². The van der Waals surface area contributed by atoms with Gasteiger partial charge in [0, 0.05) is 0 Å². The van der Waals surface area contributed by atoms with Gasteiger partial charge in [-0.05, 0) is 54.1 Å². The molecule has 5 heteroatoms. The van der Waals surface area contributed by atoms with Crippen molar-refractivity contribution < 1.29 is 30.5 Å². The van der Waals surface area contributed by atoms with Crippen LogP contribution in [0.1, 0.15) is 5.56 Å². The third-order valence-corrected chi connectivity index (χ3v) is 9.54. The Hall–Kier alpha value is -2.55. The summed E-state index contributed by atoms with van der Waals surface area (Å²) in [6, 6.07) is 38.8. The van der Waals surface area contributed by atoms with Crippen LogP contribution in [0.15, 0.2) is 115 Å². The van der Waals surface area contributed by atoms with Gasteiger partial charge in [0.2, 0.25) is 0 Å². The van der Waals surface area contributed by atoms with Gasteiger partial charge < -0.3 is 21.7 Å². The monoisotopic (exact) mass is 498 g/mol. The van der Waals surface area contributed by atoms with E-state index in [1.807, 2.05) is 30.3 Å². The molecule has 0 atom stereocenters.